The van der Waals surface area contributed by atoms with E-state index < -0.39 is 75.4 Å². The first-order chi connectivity index (χ1) is 25.2. The second-order valence-corrected chi connectivity index (χ2v) is 14.8. The zero-order valence-corrected chi connectivity index (χ0v) is 29.4. The minimum atomic E-state index is -4.75. The molecule has 2 saturated heterocycles. The van der Waals surface area contributed by atoms with Gasteiger partial charge in [0.05, 0.1) is 39.4 Å². The van der Waals surface area contributed by atoms with Gasteiger partial charge in [-0.3, -0.25) is 29.5 Å². The fourth-order valence-electron chi connectivity index (χ4n) is 8.71. The monoisotopic (exact) mass is 780 g/mol. The van der Waals surface area contributed by atoms with Crippen molar-refractivity contribution in [3.05, 3.63) is 128 Å². The number of alkyl halides is 3. The van der Waals surface area contributed by atoms with E-state index >= 15 is 4.79 Å². The van der Waals surface area contributed by atoms with Crippen LogP contribution in [0.5, 0.6) is 5.75 Å². The number of imide groups is 2. The highest BCUT2D eigenvalue weighted by Crippen LogP contribution is 2.64. The molecule has 0 unspecified atom stereocenters. The third-order valence-corrected chi connectivity index (χ3v) is 11.6. The average Bonchev–Trinajstić information content (AvgIpc) is 3.50. The topological polar surface area (TPSA) is 120 Å². The Hall–Kier alpha value is -4.91. The van der Waals surface area contributed by atoms with E-state index in [0.717, 1.165) is 4.90 Å². The van der Waals surface area contributed by atoms with E-state index in [1.807, 2.05) is 6.08 Å². The molecule has 4 aliphatic rings. The van der Waals surface area contributed by atoms with Gasteiger partial charge in [-0.2, -0.15) is 18.2 Å². The van der Waals surface area contributed by atoms with Crippen LogP contribution >= 0.6 is 34.8 Å². The zero-order chi connectivity index (χ0) is 37.6. The lowest BCUT2D eigenvalue weighted by Crippen LogP contribution is -2.53. The molecule has 1 aromatic heterocycles. The summed E-state index contributed by atoms with van der Waals surface area (Å²) in [4.78, 5) is 63.1. The normalized spacial score (nSPS) is 26.7. The third-order valence-electron chi connectivity index (χ3n) is 10.8. The summed E-state index contributed by atoms with van der Waals surface area (Å²) in [5, 5.41) is 11.7. The number of carbonyl (C=O) groups excluding carboxylic acids is 4. The Labute approximate surface area is 314 Å². The third kappa shape index (κ3) is 5.41. The van der Waals surface area contributed by atoms with Gasteiger partial charge in [-0.25, -0.2) is 4.98 Å². The Morgan fingerprint density at radius 2 is 1.53 bits per heavy atom. The van der Waals surface area contributed by atoms with Gasteiger partial charge in [0.2, 0.25) is 11.8 Å². The SMILES string of the molecule is O=C1[C@@H]2C[C@@H]3C(=CC[C@@H]4C(=O)N(c5ccc(Cl)cc5)C(=O)[C@@H]43)[C@H](c3cccc(O)c3)[C@]2(c2ccc(Cl)cc2)C(=O)N1Nc1ncc(C(F)(F)F)cc1Cl. The van der Waals surface area contributed by atoms with E-state index in [1.165, 1.54) is 12.1 Å². The molecule has 270 valence electrons. The number of nitrogens with zero attached hydrogens (tertiary/aromatic N) is 3. The standard InChI is InChI=1S/C38H26Cl3F3N4O5/c39-21-6-4-19(5-7-21)37-28(34(51)48(36(37)53)46-32-29(41)15-20(17-45-32)38(42,43)44)16-27-25(31(37)18-2-1-3-24(49)14-18)12-13-26-30(27)35(52)47(33(26)50)23-10-8-22(40)9-11-23/h1-12,14-15,17,26-28,30-31,49H,13,16H2,(H,45,46)/t26-,27+,28-,30-,31-,37+/m0/s1. The molecule has 4 aromatic rings. The number of aromatic nitrogens is 1. The molecule has 9 nitrogen and oxygen atoms in total. The van der Waals surface area contributed by atoms with E-state index in [2.05, 4.69) is 10.4 Å². The Kier molecular flexibility index (Phi) is 8.36. The number of benzene rings is 3. The van der Waals surface area contributed by atoms with E-state index in [9.17, 15) is 32.7 Å². The summed E-state index contributed by atoms with van der Waals surface area (Å²) in [5.41, 5.74) is 1.58. The van der Waals surface area contributed by atoms with Crippen LogP contribution in [0.4, 0.5) is 24.7 Å². The quantitative estimate of drug-likeness (QED) is 0.156. The second-order valence-electron chi connectivity index (χ2n) is 13.5. The van der Waals surface area contributed by atoms with Gasteiger partial charge < -0.3 is 5.11 Å². The molecule has 3 fully saturated rings. The zero-order valence-electron chi connectivity index (χ0n) is 27.2. The van der Waals surface area contributed by atoms with Crippen LogP contribution in [0.25, 0.3) is 0 Å². The molecule has 8 rings (SSSR count). The fourth-order valence-corrected chi connectivity index (χ4v) is 9.17. The van der Waals surface area contributed by atoms with Gasteiger partial charge in [0.15, 0.2) is 5.82 Å². The van der Waals surface area contributed by atoms with Gasteiger partial charge in [-0.05, 0) is 84.5 Å². The van der Waals surface area contributed by atoms with Crippen LogP contribution in [0.1, 0.15) is 35.4 Å². The van der Waals surface area contributed by atoms with Crippen molar-refractivity contribution in [1.29, 1.82) is 0 Å². The van der Waals surface area contributed by atoms with Crippen LogP contribution < -0.4 is 10.3 Å². The molecular formula is C38H26Cl3F3N4O5. The van der Waals surface area contributed by atoms with Crippen molar-refractivity contribution in [2.75, 3.05) is 10.3 Å². The van der Waals surface area contributed by atoms with Crippen molar-refractivity contribution < 1.29 is 37.5 Å². The first-order valence-corrected chi connectivity index (χ1v) is 17.6. The Balaban J connectivity index is 1.30. The number of amides is 4. The molecular weight excluding hydrogens is 756 g/mol. The highest BCUT2D eigenvalue weighted by atomic mass is 35.5. The second kappa shape index (κ2) is 12.6. The smallest absolute Gasteiger partial charge is 0.417 e. The number of fused-ring (bicyclic) bond motifs is 4. The largest absolute Gasteiger partial charge is 0.508 e. The maximum atomic E-state index is 15.2. The molecule has 1 saturated carbocycles. The first-order valence-electron chi connectivity index (χ1n) is 16.5. The van der Waals surface area contributed by atoms with Crippen LogP contribution in [-0.2, 0) is 30.8 Å². The van der Waals surface area contributed by atoms with E-state index in [4.69, 9.17) is 34.8 Å². The number of carbonyl (C=O) groups is 4. The molecule has 2 aliphatic heterocycles. The minimum absolute atomic E-state index is 0.0463. The average molecular weight is 782 g/mol. The van der Waals surface area contributed by atoms with Gasteiger partial charge in [0, 0.05) is 22.2 Å². The molecule has 15 heteroatoms. The molecule has 0 bridgehead atoms. The van der Waals surface area contributed by atoms with Gasteiger partial charge in [-0.1, -0.05) is 70.7 Å². The summed E-state index contributed by atoms with van der Waals surface area (Å²) >= 11 is 18.6. The Bertz CT molecular complexity index is 2250. The van der Waals surface area contributed by atoms with Crippen molar-refractivity contribution in [1.82, 2.24) is 9.99 Å². The number of nitrogens with one attached hydrogen (secondary N) is 1. The highest BCUT2D eigenvalue weighted by molar-refractivity contribution is 6.33. The molecule has 4 amide bonds. The Morgan fingerprint density at radius 3 is 2.17 bits per heavy atom. The molecule has 0 radical (unpaired) electrons. The Morgan fingerprint density at radius 1 is 0.849 bits per heavy atom. The lowest BCUT2D eigenvalue weighted by Gasteiger charge is -2.50. The number of aromatic hydroxyl groups is 1. The summed E-state index contributed by atoms with van der Waals surface area (Å²) < 4.78 is 40.3. The summed E-state index contributed by atoms with van der Waals surface area (Å²) in [6, 6.07) is 19.6. The van der Waals surface area contributed by atoms with Gasteiger partial charge in [0.1, 0.15) is 5.75 Å². The van der Waals surface area contributed by atoms with Crippen LogP contribution in [0.15, 0.2) is 96.7 Å². The molecule has 3 heterocycles. The van der Waals surface area contributed by atoms with Gasteiger partial charge in [-0.15, -0.1) is 0 Å². The predicted molar refractivity (Wildman–Crippen MR) is 189 cm³/mol. The lowest BCUT2D eigenvalue weighted by molar-refractivity contribution is -0.139. The van der Waals surface area contributed by atoms with Crippen molar-refractivity contribution in [3.63, 3.8) is 0 Å². The van der Waals surface area contributed by atoms with Gasteiger partial charge in [0.25, 0.3) is 11.8 Å². The number of phenolic OH excluding ortho intramolecular Hbond substituents is 1. The molecule has 0 spiro atoms. The fraction of sp³-hybridized carbons (Fsp3) is 0.237. The van der Waals surface area contributed by atoms with Crippen LogP contribution in [0, 0.1) is 23.7 Å². The maximum absolute atomic E-state index is 15.2. The molecule has 6 atom stereocenters. The van der Waals surface area contributed by atoms with E-state index in [0.29, 0.717) is 49.7 Å². The lowest BCUT2D eigenvalue weighted by atomic mass is 9.49. The van der Waals surface area contributed by atoms with Gasteiger partial charge >= 0.3 is 6.18 Å². The summed E-state index contributed by atoms with van der Waals surface area (Å²) in [7, 11) is 0. The number of hydrogen-bond acceptors (Lipinski definition) is 7. The number of pyridine rings is 1. The number of phenols is 1. The van der Waals surface area contributed by atoms with Crippen LogP contribution in [0.3, 0.4) is 0 Å². The van der Waals surface area contributed by atoms with E-state index in [1.54, 1.807) is 60.7 Å². The summed E-state index contributed by atoms with van der Waals surface area (Å²) in [6.07, 6.45) is -2.24. The number of hydrazine groups is 1. The summed E-state index contributed by atoms with van der Waals surface area (Å²) in [6.45, 7) is 0. The molecule has 2 N–H and O–H groups in total. The predicted octanol–water partition coefficient (Wildman–Crippen LogP) is 7.96. The highest BCUT2D eigenvalue weighted by Gasteiger charge is 2.70. The molecule has 3 aromatic carbocycles. The number of rotatable bonds is 5. The van der Waals surface area contributed by atoms with Crippen molar-refractivity contribution >= 4 is 69.9 Å². The number of anilines is 2. The van der Waals surface area contributed by atoms with Crippen molar-refractivity contribution in [3.8, 4) is 5.75 Å². The van der Waals surface area contributed by atoms with Crippen molar-refractivity contribution in [2.45, 2.75) is 30.4 Å². The minimum Gasteiger partial charge on any atom is -0.508 e. The van der Waals surface area contributed by atoms with Crippen LogP contribution in [0.2, 0.25) is 15.1 Å². The number of halogens is 6. The first kappa shape index (κ1) is 35.1. The van der Waals surface area contributed by atoms with E-state index in [-0.39, 0.29) is 24.4 Å². The summed E-state index contributed by atoms with van der Waals surface area (Å²) in [5.74, 6) is -7.36. The van der Waals surface area contributed by atoms with Crippen LogP contribution in [-0.4, -0.2) is 38.7 Å². The number of hydrogen-bond donors (Lipinski definition) is 2. The maximum Gasteiger partial charge on any atom is 0.417 e. The number of allylic oxidation sites excluding steroid dienone is 2. The van der Waals surface area contributed by atoms with Crippen molar-refractivity contribution in [2.24, 2.45) is 23.7 Å². The molecule has 53 heavy (non-hydrogen) atoms. The molecule has 2 aliphatic carbocycles.